The number of anilines is 1. The third-order valence-electron chi connectivity index (χ3n) is 4.50. The molecule has 1 fully saturated rings. The number of ether oxygens (including phenoxy) is 2. The molecule has 0 bridgehead atoms. The van der Waals surface area contributed by atoms with Gasteiger partial charge in [-0.3, -0.25) is 0 Å². The topological polar surface area (TPSA) is 88.6 Å². The standard InChI is InChI=1S/C18H17FN6O2/c1-11-12(9-20)7-13(19)17(22-11)14-10-21-16-8-15(26-2)18(23-25(14)16)24-3-5-27-6-4-24/h7-8,10H,3-6H2,1-2H3. The first-order valence-corrected chi connectivity index (χ1v) is 8.45. The molecule has 0 unspecified atom stereocenters. The minimum absolute atomic E-state index is 0.101. The number of nitriles is 1. The van der Waals surface area contributed by atoms with Crippen LogP contribution in [-0.4, -0.2) is 53.0 Å². The number of imidazole rings is 1. The predicted molar refractivity (Wildman–Crippen MR) is 95.2 cm³/mol. The van der Waals surface area contributed by atoms with Gasteiger partial charge in [-0.2, -0.15) is 5.26 Å². The Balaban J connectivity index is 1.88. The second-order valence-corrected chi connectivity index (χ2v) is 6.11. The minimum Gasteiger partial charge on any atom is -0.493 e. The van der Waals surface area contributed by atoms with E-state index in [2.05, 4.69) is 20.0 Å². The summed E-state index contributed by atoms with van der Waals surface area (Å²) < 4.78 is 27.0. The fourth-order valence-corrected chi connectivity index (χ4v) is 3.07. The largest absolute Gasteiger partial charge is 0.493 e. The first-order valence-electron chi connectivity index (χ1n) is 8.45. The van der Waals surface area contributed by atoms with E-state index < -0.39 is 5.82 Å². The van der Waals surface area contributed by atoms with Crippen LogP contribution in [0.3, 0.4) is 0 Å². The summed E-state index contributed by atoms with van der Waals surface area (Å²) in [4.78, 5) is 10.6. The van der Waals surface area contributed by atoms with Crippen molar-refractivity contribution in [3.8, 4) is 23.2 Å². The van der Waals surface area contributed by atoms with Crippen molar-refractivity contribution in [3.05, 3.63) is 35.4 Å². The van der Waals surface area contributed by atoms with Crippen LogP contribution in [0.5, 0.6) is 5.75 Å². The maximum atomic E-state index is 14.6. The summed E-state index contributed by atoms with van der Waals surface area (Å²) in [5, 5.41) is 13.7. The number of rotatable bonds is 3. The first-order chi connectivity index (χ1) is 13.1. The number of methoxy groups -OCH3 is 1. The highest BCUT2D eigenvalue weighted by atomic mass is 19.1. The summed E-state index contributed by atoms with van der Waals surface area (Å²) in [6, 6.07) is 4.88. The Morgan fingerprint density at radius 2 is 2.07 bits per heavy atom. The van der Waals surface area contributed by atoms with Crippen LogP contribution in [0, 0.1) is 24.1 Å². The van der Waals surface area contributed by atoms with Gasteiger partial charge in [-0.25, -0.2) is 18.9 Å². The highest BCUT2D eigenvalue weighted by Gasteiger charge is 2.22. The summed E-state index contributed by atoms with van der Waals surface area (Å²) in [7, 11) is 1.58. The quantitative estimate of drug-likeness (QED) is 0.698. The molecular weight excluding hydrogens is 351 g/mol. The van der Waals surface area contributed by atoms with Crippen molar-refractivity contribution < 1.29 is 13.9 Å². The van der Waals surface area contributed by atoms with Crippen LogP contribution in [0.15, 0.2) is 18.3 Å². The summed E-state index contributed by atoms with van der Waals surface area (Å²) in [6.45, 7) is 4.23. The minimum atomic E-state index is -0.593. The van der Waals surface area contributed by atoms with E-state index in [1.165, 1.54) is 12.3 Å². The molecule has 0 aliphatic carbocycles. The Labute approximate surface area is 154 Å². The second-order valence-electron chi connectivity index (χ2n) is 6.11. The molecule has 0 N–H and O–H groups in total. The fraction of sp³-hybridized carbons (Fsp3) is 0.333. The van der Waals surface area contributed by atoms with E-state index in [9.17, 15) is 4.39 Å². The van der Waals surface area contributed by atoms with Crippen molar-refractivity contribution in [2.45, 2.75) is 6.92 Å². The molecule has 3 aromatic rings. The molecule has 8 nitrogen and oxygen atoms in total. The number of nitrogens with zero attached hydrogens (tertiary/aromatic N) is 6. The maximum absolute atomic E-state index is 14.6. The molecule has 0 radical (unpaired) electrons. The molecule has 27 heavy (non-hydrogen) atoms. The van der Waals surface area contributed by atoms with E-state index in [1.54, 1.807) is 24.6 Å². The normalized spacial score (nSPS) is 14.4. The van der Waals surface area contributed by atoms with Crippen molar-refractivity contribution in [2.24, 2.45) is 0 Å². The Bertz CT molecular complexity index is 1050. The molecule has 9 heteroatoms. The Hall–Kier alpha value is -3.25. The lowest BCUT2D eigenvalue weighted by Gasteiger charge is -2.28. The van der Waals surface area contributed by atoms with Gasteiger partial charge >= 0.3 is 0 Å². The van der Waals surface area contributed by atoms with Gasteiger partial charge in [0, 0.05) is 19.2 Å². The molecular formula is C18H17FN6O2. The average molecular weight is 368 g/mol. The highest BCUT2D eigenvalue weighted by Crippen LogP contribution is 2.30. The summed E-state index contributed by atoms with van der Waals surface area (Å²) in [5.74, 6) is 0.633. The highest BCUT2D eigenvalue weighted by molar-refractivity contribution is 5.65. The SMILES string of the molecule is COc1cc2ncc(-c3nc(C)c(C#N)cc3F)n2nc1N1CCOCC1. The van der Waals surface area contributed by atoms with Crippen molar-refractivity contribution in [1.29, 1.82) is 5.26 Å². The third-order valence-corrected chi connectivity index (χ3v) is 4.50. The van der Waals surface area contributed by atoms with Gasteiger partial charge in [-0.15, -0.1) is 5.10 Å². The van der Waals surface area contributed by atoms with E-state index in [-0.39, 0.29) is 11.3 Å². The lowest BCUT2D eigenvalue weighted by Crippen LogP contribution is -2.37. The smallest absolute Gasteiger partial charge is 0.192 e. The summed E-state index contributed by atoms with van der Waals surface area (Å²) in [5.41, 5.74) is 1.68. The fourth-order valence-electron chi connectivity index (χ4n) is 3.07. The van der Waals surface area contributed by atoms with Crippen molar-refractivity contribution in [2.75, 3.05) is 38.3 Å². The van der Waals surface area contributed by atoms with Crippen LogP contribution in [0.1, 0.15) is 11.3 Å². The molecule has 1 saturated heterocycles. The van der Waals surface area contributed by atoms with E-state index in [4.69, 9.17) is 14.7 Å². The van der Waals surface area contributed by atoms with Crippen molar-refractivity contribution >= 4 is 11.5 Å². The lowest BCUT2D eigenvalue weighted by atomic mass is 10.1. The molecule has 4 heterocycles. The molecule has 3 aromatic heterocycles. The number of pyridine rings is 1. The molecule has 0 spiro atoms. The van der Waals surface area contributed by atoms with Crippen LogP contribution in [0.4, 0.5) is 10.2 Å². The third kappa shape index (κ3) is 2.94. The first kappa shape index (κ1) is 17.2. The molecule has 0 atom stereocenters. The molecule has 0 amide bonds. The van der Waals surface area contributed by atoms with E-state index in [1.807, 2.05) is 6.07 Å². The lowest BCUT2D eigenvalue weighted by molar-refractivity contribution is 0.122. The van der Waals surface area contributed by atoms with Crippen LogP contribution in [0.2, 0.25) is 0 Å². The van der Waals surface area contributed by atoms with Gasteiger partial charge in [0.2, 0.25) is 0 Å². The van der Waals surface area contributed by atoms with Crippen molar-refractivity contribution in [1.82, 2.24) is 19.6 Å². The number of hydrogen-bond donors (Lipinski definition) is 0. The number of aryl methyl sites for hydroxylation is 1. The van der Waals surface area contributed by atoms with Gasteiger partial charge in [0.25, 0.3) is 0 Å². The Morgan fingerprint density at radius 3 is 2.78 bits per heavy atom. The summed E-state index contributed by atoms with van der Waals surface area (Å²) >= 11 is 0. The molecule has 138 valence electrons. The average Bonchev–Trinajstić information content (AvgIpc) is 3.11. The number of morpholine rings is 1. The Morgan fingerprint density at radius 1 is 1.30 bits per heavy atom. The van der Waals surface area contributed by atoms with Gasteiger partial charge < -0.3 is 14.4 Å². The molecule has 0 aromatic carbocycles. The number of hydrogen-bond acceptors (Lipinski definition) is 7. The van der Waals surface area contributed by atoms with Gasteiger partial charge in [0.1, 0.15) is 17.5 Å². The Kier molecular flexibility index (Phi) is 4.33. The number of halogens is 1. The van der Waals surface area contributed by atoms with Crippen molar-refractivity contribution in [3.63, 3.8) is 0 Å². The zero-order valence-electron chi connectivity index (χ0n) is 14.9. The zero-order chi connectivity index (χ0) is 19.0. The number of fused-ring (bicyclic) bond motifs is 1. The van der Waals surface area contributed by atoms with Crippen LogP contribution in [0.25, 0.3) is 17.0 Å². The molecule has 1 aliphatic rings. The van der Waals surface area contributed by atoms with Crippen LogP contribution >= 0.6 is 0 Å². The van der Waals surface area contributed by atoms with Crippen LogP contribution in [-0.2, 0) is 4.74 Å². The zero-order valence-corrected chi connectivity index (χ0v) is 14.9. The molecule has 1 aliphatic heterocycles. The molecule has 4 rings (SSSR count). The van der Waals surface area contributed by atoms with E-state index in [0.29, 0.717) is 54.9 Å². The predicted octanol–water partition coefficient (Wildman–Crippen LogP) is 1.96. The maximum Gasteiger partial charge on any atom is 0.192 e. The number of aromatic nitrogens is 4. The monoisotopic (exact) mass is 368 g/mol. The molecule has 0 saturated carbocycles. The van der Waals surface area contributed by atoms with Gasteiger partial charge in [-0.1, -0.05) is 0 Å². The van der Waals surface area contributed by atoms with Gasteiger partial charge in [0.05, 0.1) is 37.8 Å². The van der Waals surface area contributed by atoms with Crippen LogP contribution < -0.4 is 9.64 Å². The van der Waals surface area contributed by atoms with E-state index >= 15 is 0 Å². The summed E-state index contributed by atoms with van der Waals surface area (Å²) in [6.07, 6.45) is 1.52. The van der Waals surface area contributed by atoms with Gasteiger partial charge in [-0.05, 0) is 13.0 Å². The van der Waals surface area contributed by atoms with E-state index in [0.717, 1.165) is 0 Å². The second kappa shape index (κ2) is 6.81. The van der Waals surface area contributed by atoms with Gasteiger partial charge in [0.15, 0.2) is 23.0 Å².